The van der Waals surface area contributed by atoms with E-state index in [0.29, 0.717) is 12.1 Å². The number of ether oxygens (including phenoxy) is 2. The average molecular weight is 737 g/mol. The number of amides is 2. The molecule has 0 spiro atoms. The van der Waals surface area contributed by atoms with Crippen LogP contribution in [0.25, 0.3) is 11.1 Å². The fourth-order valence-corrected chi connectivity index (χ4v) is 6.57. The molecule has 0 radical (unpaired) electrons. The molecule has 7 nitrogen and oxygen atoms in total. The van der Waals surface area contributed by atoms with Crippen molar-refractivity contribution < 1.29 is 68.1 Å². The summed E-state index contributed by atoms with van der Waals surface area (Å²) in [5, 5.41) is 9.17. The van der Waals surface area contributed by atoms with E-state index in [2.05, 4.69) is 0 Å². The van der Waals surface area contributed by atoms with Crippen LogP contribution in [0.5, 0.6) is 5.75 Å². The van der Waals surface area contributed by atoms with Crippen molar-refractivity contribution in [3.63, 3.8) is 0 Å². The van der Waals surface area contributed by atoms with E-state index < -0.39 is 95.6 Å². The zero-order valence-corrected chi connectivity index (χ0v) is 26.8. The zero-order valence-electron chi connectivity index (χ0n) is 26.8. The van der Waals surface area contributed by atoms with Crippen LogP contribution in [0.3, 0.4) is 0 Å². The number of aliphatic hydroxyl groups excluding tert-OH is 1. The maximum absolute atomic E-state index is 15.8. The third-order valence-electron chi connectivity index (χ3n) is 9.13. The van der Waals surface area contributed by atoms with Gasteiger partial charge in [0.05, 0.1) is 30.8 Å². The maximum Gasteiger partial charge on any atom is 0.422 e. The van der Waals surface area contributed by atoms with E-state index in [9.17, 15) is 49.1 Å². The summed E-state index contributed by atoms with van der Waals surface area (Å²) >= 11 is 0. The molecule has 3 aromatic rings. The Balaban J connectivity index is 1.55. The van der Waals surface area contributed by atoms with Crippen LogP contribution in [0.2, 0.25) is 0 Å². The van der Waals surface area contributed by atoms with Gasteiger partial charge in [0.1, 0.15) is 29.8 Å². The van der Waals surface area contributed by atoms with Gasteiger partial charge in [-0.25, -0.2) is 9.18 Å². The second-order valence-corrected chi connectivity index (χ2v) is 12.2. The molecule has 0 bridgehead atoms. The van der Waals surface area contributed by atoms with Crippen LogP contribution in [0, 0.1) is 5.82 Å². The standard InChI is InChI=1S/C34H30F10N2O5/c1-17-29(20-11-21(32(36,37)38)13-22(12-20)33(39,40)41)51-31(49)46(17)15-19-5-3-4-6-23(19)25-14-24(18-7-9-45(10-8-18)26(48)16-47)28(35)27(30(25)50-2)34(42,43)44/h3-6,11-14,17-18,29,47H,7-10,15-16H2,1-2H3/t17-,29-/m0/s1. The molecule has 2 aliphatic heterocycles. The predicted octanol–water partition coefficient (Wildman–Crippen LogP) is 8.34. The molecule has 0 aromatic heterocycles. The number of carbonyl (C=O) groups excluding carboxylic acids is 2. The molecule has 51 heavy (non-hydrogen) atoms. The van der Waals surface area contributed by atoms with Crippen molar-refractivity contribution in [1.29, 1.82) is 0 Å². The predicted molar refractivity (Wildman–Crippen MR) is 160 cm³/mol. The van der Waals surface area contributed by atoms with Gasteiger partial charge in [-0.2, -0.15) is 39.5 Å². The van der Waals surface area contributed by atoms with Gasteiger partial charge in [-0.1, -0.05) is 24.3 Å². The fourth-order valence-electron chi connectivity index (χ4n) is 6.57. The quantitative estimate of drug-likeness (QED) is 0.247. The highest BCUT2D eigenvalue weighted by molar-refractivity contribution is 5.78. The number of cyclic esters (lactones) is 1. The number of benzene rings is 3. The summed E-state index contributed by atoms with van der Waals surface area (Å²) in [5.41, 5.74) is -5.72. The lowest BCUT2D eigenvalue weighted by Gasteiger charge is -2.33. The van der Waals surface area contributed by atoms with Gasteiger partial charge in [0.25, 0.3) is 0 Å². The SMILES string of the molecule is COc1c(-c2ccccc2CN2C(=O)O[C@H](c3cc(C(F)(F)F)cc(C(F)(F)F)c3)[C@@H]2C)cc(C2CCN(C(=O)CO)CC2)c(F)c1C(F)(F)F. The monoisotopic (exact) mass is 736 g/mol. The summed E-state index contributed by atoms with van der Waals surface area (Å²) in [5.74, 6) is -3.77. The number of likely N-dealkylation sites (tertiary alicyclic amines) is 1. The van der Waals surface area contributed by atoms with E-state index in [-0.39, 0.29) is 54.3 Å². The van der Waals surface area contributed by atoms with Crippen LogP contribution in [0.4, 0.5) is 48.7 Å². The summed E-state index contributed by atoms with van der Waals surface area (Å²) in [7, 11) is 0.920. The number of hydrogen-bond donors (Lipinski definition) is 1. The minimum atomic E-state index is -5.23. The molecule has 2 saturated heterocycles. The van der Waals surface area contributed by atoms with E-state index in [4.69, 9.17) is 14.6 Å². The van der Waals surface area contributed by atoms with Crippen molar-refractivity contribution in [1.82, 2.24) is 9.80 Å². The van der Waals surface area contributed by atoms with Crippen molar-refractivity contribution in [3.05, 3.63) is 87.7 Å². The van der Waals surface area contributed by atoms with Gasteiger partial charge in [0.15, 0.2) is 0 Å². The second-order valence-electron chi connectivity index (χ2n) is 12.2. The topological polar surface area (TPSA) is 79.3 Å². The van der Waals surface area contributed by atoms with E-state index in [1.54, 1.807) is 0 Å². The van der Waals surface area contributed by atoms with Crippen LogP contribution in [-0.4, -0.2) is 59.8 Å². The molecule has 2 amide bonds. The van der Waals surface area contributed by atoms with Crippen molar-refractivity contribution in [2.24, 2.45) is 0 Å². The molecule has 2 aliphatic rings. The molecule has 0 saturated carbocycles. The van der Waals surface area contributed by atoms with Crippen molar-refractivity contribution in [2.75, 3.05) is 26.8 Å². The van der Waals surface area contributed by atoms with Gasteiger partial charge >= 0.3 is 24.6 Å². The van der Waals surface area contributed by atoms with E-state index in [1.165, 1.54) is 42.2 Å². The van der Waals surface area contributed by atoms with Gasteiger partial charge < -0.3 is 19.5 Å². The minimum Gasteiger partial charge on any atom is -0.495 e. The number of alkyl halides is 9. The Morgan fingerprint density at radius 3 is 2.02 bits per heavy atom. The number of methoxy groups -OCH3 is 1. The van der Waals surface area contributed by atoms with E-state index in [0.717, 1.165) is 12.0 Å². The van der Waals surface area contributed by atoms with Crippen LogP contribution >= 0.6 is 0 Å². The molecule has 3 aromatic carbocycles. The molecule has 276 valence electrons. The first kappa shape index (κ1) is 37.7. The van der Waals surface area contributed by atoms with Crippen LogP contribution in [0.1, 0.15) is 65.2 Å². The fraction of sp³-hybridized carbons (Fsp3) is 0.412. The first-order valence-electron chi connectivity index (χ1n) is 15.5. The zero-order chi connectivity index (χ0) is 37.6. The smallest absolute Gasteiger partial charge is 0.422 e. The molecule has 2 heterocycles. The molecule has 5 rings (SSSR count). The largest absolute Gasteiger partial charge is 0.495 e. The first-order valence-corrected chi connectivity index (χ1v) is 15.5. The van der Waals surface area contributed by atoms with Gasteiger partial charge in [0, 0.05) is 18.7 Å². The Morgan fingerprint density at radius 1 is 0.902 bits per heavy atom. The Kier molecular flexibility index (Phi) is 10.3. The number of nitrogens with zero attached hydrogens (tertiary/aromatic N) is 2. The lowest BCUT2D eigenvalue weighted by atomic mass is 9.84. The highest BCUT2D eigenvalue weighted by atomic mass is 19.4. The third-order valence-corrected chi connectivity index (χ3v) is 9.13. The number of halogens is 10. The molecular formula is C34H30F10N2O5. The summed E-state index contributed by atoms with van der Waals surface area (Å²) in [6.45, 7) is 0.248. The number of aliphatic hydroxyl groups is 1. The second kappa shape index (κ2) is 13.9. The van der Waals surface area contributed by atoms with Crippen LogP contribution < -0.4 is 4.74 Å². The van der Waals surface area contributed by atoms with Crippen molar-refractivity contribution >= 4 is 12.0 Å². The van der Waals surface area contributed by atoms with Gasteiger partial charge in [-0.3, -0.25) is 9.69 Å². The summed E-state index contributed by atoms with van der Waals surface area (Å²) in [4.78, 5) is 27.3. The van der Waals surface area contributed by atoms with Crippen molar-refractivity contribution in [2.45, 2.75) is 62.9 Å². The molecule has 2 fully saturated rings. The number of rotatable bonds is 7. The number of hydrogen-bond acceptors (Lipinski definition) is 5. The third kappa shape index (κ3) is 7.58. The van der Waals surface area contributed by atoms with Gasteiger partial charge in [0.2, 0.25) is 5.91 Å². The van der Waals surface area contributed by atoms with Crippen molar-refractivity contribution in [3.8, 4) is 16.9 Å². The summed E-state index contributed by atoms with van der Waals surface area (Å²) < 4.78 is 151. The summed E-state index contributed by atoms with van der Waals surface area (Å²) in [6.07, 6.45) is -18.1. The minimum absolute atomic E-state index is 0.0509. The van der Waals surface area contributed by atoms with Gasteiger partial charge in [-0.05, 0) is 72.2 Å². The first-order chi connectivity index (χ1) is 23.8. The van der Waals surface area contributed by atoms with Crippen LogP contribution in [0.15, 0.2) is 48.5 Å². The van der Waals surface area contributed by atoms with Crippen LogP contribution in [-0.2, 0) is 34.6 Å². The molecule has 2 atom stereocenters. The summed E-state index contributed by atoms with van der Waals surface area (Å²) in [6, 6.07) is 6.67. The van der Waals surface area contributed by atoms with Gasteiger partial charge in [-0.15, -0.1) is 0 Å². The molecular weight excluding hydrogens is 706 g/mol. The Bertz CT molecular complexity index is 1770. The Hall–Kier alpha value is -4.54. The lowest BCUT2D eigenvalue weighted by molar-refractivity contribution is -0.143. The maximum atomic E-state index is 15.8. The average Bonchev–Trinajstić information content (AvgIpc) is 3.35. The molecule has 1 N–H and O–H groups in total. The Morgan fingerprint density at radius 2 is 1.49 bits per heavy atom. The number of carbonyl (C=O) groups is 2. The van der Waals surface area contributed by atoms with E-state index in [1.807, 2.05) is 0 Å². The lowest BCUT2D eigenvalue weighted by Crippen LogP contribution is -2.39. The number of piperidine rings is 1. The van der Waals surface area contributed by atoms with E-state index >= 15 is 4.39 Å². The highest BCUT2D eigenvalue weighted by Gasteiger charge is 2.45. The highest BCUT2D eigenvalue weighted by Crippen LogP contribution is 2.48. The molecule has 0 unspecified atom stereocenters. The normalized spacial score (nSPS) is 19.0. The molecule has 17 heteroatoms. The molecule has 0 aliphatic carbocycles. The Labute approximate surface area is 284 Å².